The second-order valence-electron chi connectivity index (χ2n) is 4.45. The van der Waals surface area contributed by atoms with Crippen molar-refractivity contribution in [2.45, 2.75) is 39.9 Å². The predicted octanol–water partition coefficient (Wildman–Crippen LogP) is 2.46. The van der Waals surface area contributed by atoms with E-state index in [0.29, 0.717) is 0 Å². The Hall–Kier alpha value is -1.68. The number of rotatable bonds is 5. The second-order valence-corrected chi connectivity index (χ2v) is 4.45. The van der Waals surface area contributed by atoms with Crippen molar-refractivity contribution in [1.29, 1.82) is 0 Å². The molecule has 0 saturated carbocycles. The first-order valence-electron chi connectivity index (χ1n) is 6.38. The van der Waals surface area contributed by atoms with E-state index in [1.165, 1.54) is 5.56 Å². The Morgan fingerprint density at radius 2 is 2.22 bits per heavy atom. The first kappa shape index (κ1) is 12.8. The van der Waals surface area contributed by atoms with E-state index in [1.54, 1.807) is 0 Å². The average Bonchev–Trinajstić information content (AvgIpc) is 2.78. The Kier molecular flexibility index (Phi) is 4.10. The third-order valence-electron chi connectivity index (χ3n) is 3.09. The zero-order chi connectivity index (χ0) is 13.0. The van der Waals surface area contributed by atoms with Gasteiger partial charge in [0.1, 0.15) is 0 Å². The molecule has 2 rings (SSSR count). The molecule has 4 heteroatoms. The number of pyridine rings is 1. The summed E-state index contributed by atoms with van der Waals surface area (Å²) in [4.78, 5) is 4.30. The van der Waals surface area contributed by atoms with Crippen LogP contribution in [-0.2, 0) is 13.1 Å². The van der Waals surface area contributed by atoms with Gasteiger partial charge in [0.25, 0.3) is 0 Å². The number of hydrogen-bond acceptors (Lipinski definition) is 3. The van der Waals surface area contributed by atoms with E-state index >= 15 is 0 Å². The largest absolute Gasteiger partial charge is 0.304 e. The molecule has 1 unspecified atom stereocenters. The van der Waals surface area contributed by atoms with Gasteiger partial charge in [0.2, 0.25) is 0 Å². The molecular weight excluding hydrogens is 224 g/mol. The summed E-state index contributed by atoms with van der Waals surface area (Å²) >= 11 is 0. The van der Waals surface area contributed by atoms with Crippen molar-refractivity contribution < 1.29 is 0 Å². The molecule has 0 aliphatic rings. The van der Waals surface area contributed by atoms with Gasteiger partial charge < -0.3 is 5.32 Å². The van der Waals surface area contributed by atoms with Crippen LogP contribution in [0.25, 0.3) is 0 Å². The molecule has 0 aliphatic heterocycles. The standard InChI is InChI=1S/C14H20N4/c1-4-18-10-14(12(3)17-18)11(2)16-9-13-7-5-6-8-15-13/h5-8,10-11,16H,4,9H2,1-3H3. The lowest BCUT2D eigenvalue weighted by atomic mass is 10.1. The molecule has 4 nitrogen and oxygen atoms in total. The van der Waals surface area contributed by atoms with Gasteiger partial charge in [-0.2, -0.15) is 5.10 Å². The van der Waals surface area contributed by atoms with Gasteiger partial charge >= 0.3 is 0 Å². The van der Waals surface area contributed by atoms with Crippen LogP contribution in [0.3, 0.4) is 0 Å². The normalized spacial score (nSPS) is 12.6. The smallest absolute Gasteiger partial charge is 0.0641 e. The molecule has 2 aromatic rings. The Bertz CT molecular complexity index is 490. The molecule has 0 amide bonds. The molecule has 1 atom stereocenters. The van der Waals surface area contributed by atoms with Gasteiger partial charge in [0, 0.05) is 37.1 Å². The third kappa shape index (κ3) is 2.96. The second kappa shape index (κ2) is 5.78. The first-order valence-corrected chi connectivity index (χ1v) is 6.38. The van der Waals surface area contributed by atoms with Crippen LogP contribution in [0, 0.1) is 6.92 Å². The summed E-state index contributed by atoms with van der Waals surface area (Å²) < 4.78 is 1.98. The highest BCUT2D eigenvalue weighted by molar-refractivity contribution is 5.19. The van der Waals surface area contributed by atoms with Crippen molar-refractivity contribution in [1.82, 2.24) is 20.1 Å². The molecule has 18 heavy (non-hydrogen) atoms. The molecule has 1 N–H and O–H groups in total. The lowest BCUT2D eigenvalue weighted by Gasteiger charge is -2.12. The van der Waals surface area contributed by atoms with E-state index in [4.69, 9.17) is 0 Å². The Balaban J connectivity index is 1.99. The quantitative estimate of drug-likeness (QED) is 0.878. The highest BCUT2D eigenvalue weighted by atomic mass is 15.3. The molecule has 2 aromatic heterocycles. The summed E-state index contributed by atoms with van der Waals surface area (Å²) in [5.74, 6) is 0. The molecule has 0 bridgehead atoms. The minimum atomic E-state index is 0.285. The van der Waals surface area contributed by atoms with E-state index in [-0.39, 0.29) is 6.04 Å². The van der Waals surface area contributed by atoms with Crippen molar-refractivity contribution >= 4 is 0 Å². The molecular formula is C14H20N4. The van der Waals surface area contributed by atoms with Gasteiger partial charge in [-0.25, -0.2) is 0 Å². The monoisotopic (exact) mass is 244 g/mol. The van der Waals surface area contributed by atoms with E-state index in [2.05, 4.69) is 42.4 Å². The average molecular weight is 244 g/mol. The summed E-state index contributed by atoms with van der Waals surface area (Å²) in [6, 6.07) is 6.26. The molecule has 0 fully saturated rings. The summed E-state index contributed by atoms with van der Waals surface area (Å²) in [6.07, 6.45) is 3.94. The number of hydrogen-bond donors (Lipinski definition) is 1. The van der Waals surface area contributed by atoms with Crippen molar-refractivity contribution in [2.24, 2.45) is 0 Å². The highest BCUT2D eigenvalue weighted by Gasteiger charge is 2.11. The summed E-state index contributed by atoms with van der Waals surface area (Å²) in [6.45, 7) is 8.00. The van der Waals surface area contributed by atoms with Crippen molar-refractivity contribution in [3.63, 3.8) is 0 Å². The van der Waals surface area contributed by atoms with Crippen LogP contribution in [0.5, 0.6) is 0 Å². The highest BCUT2D eigenvalue weighted by Crippen LogP contribution is 2.16. The Labute approximate surface area is 108 Å². The zero-order valence-corrected chi connectivity index (χ0v) is 11.2. The predicted molar refractivity (Wildman–Crippen MR) is 72.1 cm³/mol. The molecule has 96 valence electrons. The van der Waals surface area contributed by atoms with Gasteiger partial charge in [-0.05, 0) is 32.9 Å². The Morgan fingerprint density at radius 3 is 2.83 bits per heavy atom. The van der Waals surface area contributed by atoms with Crippen molar-refractivity contribution in [2.75, 3.05) is 0 Å². The fourth-order valence-corrected chi connectivity index (χ4v) is 1.99. The first-order chi connectivity index (χ1) is 8.70. The lowest BCUT2D eigenvalue weighted by Crippen LogP contribution is -2.19. The van der Waals surface area contributed by atoms with E-state index < -0.39 is 0 Å². The lowest BCUT2D eigenvalue weighted by molar-refractivity contribution is 0.564. The number of aryl methyl sites for hydroxylation is 2. The van der Waals surface area contributed by atoms with Gasteiger partial charge in [-0.15, -0.1) is 0 Å². The summed E-state index contributed by atoms with van der Waals surface area (Å²) in [5, 5.41) is 7.94. The van der Waals surface area contributed by atoms with E-state index in [0.717, 1.165) is 24.5 Å². The van der Waals surface area contributed by atoms with E-state index in [9.17, 15) is 0 Å². The maximum absolute atomic E-state index is 4.47. The number of nitrogens with zero attached hydrogens (tertiary/aromatic N) is 3. The minimum absolute atomic E-state index is 0.285. The van der Waals surface area contributed by atoms with Crippen LogP contribution in [-0.4, -0.2) is 14.8 Å². The van der Waals surface area contributed by atoms with Gasteiger partial charge in [0.15, 0.2) is 0 Å². The van der Waals surface area contributed by atoms with Gasteiger partial charge in [-0.1, -0.05) is 6.07 Å². The van der Waals surface area contributed by atoms with Gasteiger partial charge in [0.05, 0.1) is 11.4 Å². The molecule has 0 aromatic carbocycles. The topological polar surface area (TPSA) is 42.7 Å². The SMILES string of the molecule is CCn1cc(C(C)NCc2ccccn2)c(C)n1. The van der Waals surface area contributed by atoms with E-state index in [1.807, 2.05) is 29.1 Å². The summed E-state index contributed by atoms with van der Waals surface area (Å²) in [7, 11) is 0. The van der Waals surface area contributed by atoms with Crippen molar-refractivity contribution in [3.8, 4) is 0 Å². The number of nitrogens with one attached hydrogen (secondary N) is 1. The molecule has 0 spiro atoms. The van der Waals surface area contributed by atoms with Crippen LogP contribution in [0.4, 0.5) is 0 Å². The molecule has 0 aliphatic carbocycles. The van der Waals surface area contributed by atoms with Gasteiger partial charge in [-0.3, -0.25) is 9.67 Å². The Morgan fingerprint density at radius 1 is 1.39 bits per heavy atom. The fraction of sp³-hybridized carbons (Fsp3) is 0.429. The third-order valence-corrected chi connectivity index (χ3v) is 3.09. The number of aromatic nitrogens is 3. The summed E-state index contributed by atoms with van der Waals surface area (Å²) in [5.41, 5.74) is 3.41. The fourth-order valence-electron chi connectivity index (χ4n) is 1.99. The molecule has 0 saturated heterocycles. The molecule has 0 radical (unpaired) electrons. The maximum atomic E-state index is 4.47. The van der Waals surface area contributed by atoms with Crippen LogP contribution in [0.2, 0.25) is 0 Å². The van der Waals surface area contributed by atoms with Crippen LogP contribution in [0.1, 0.15) is 36.8 Å². The zero-order valence-electron chi connectivity index (χ0n) is 11.2. The van der Waals surface area contributed by atoms with Crippen LogP contribution >= 0.6 is 0 Å². The van der Waals surface area contributed by atoms with Crippen molar-refractivity contribution in [3.05, 3.63) is 47.5 Å². The maximum Gasteiger partial charge on any atom is 0.0641 e. The minimum Gasteiger partial charge on any atom is -0.304 e. The molecule has 2 heterocycles. The van der Waals surface area contributed by atoms with Crippen LogP contribution in [0.15, 0.2) is 30.6 Å². The van der Waals surface area contributed by atoms with Crippen LogP contribution < -0.4 is 5.32 Å².